The van der Waals surface area contributed by atoms with Crippen molar-refractivity contribution in [2.24, 2.45) is 0 Å². The van der Waals surface area contributed by atoms with Crippen LogP contribution in [-0.4, -0.2) is 25.6 Å². The molecule has 3 heterocycles. The Labute approximate surface area is 176 Å². The van der Waals surface area contributed by atoms with Gasteiger partial charge in [0.25, 0.3) is 0 Å². The number of imidazole rings is 1. The average Bonchev–Trinajstić information content (AvgIpc) is 3.29. The first kappa shape index (κ1) is 20.2. The van der Waals surface area contributed by atoms with Gasteiger partial charge in [-0.25, -0.2) is 14.8 Å². The molecule has 0 radical (unpaired) electrons. The lowest BCUT2D eigenvalue weighted by Gasteiger charge is -2.13. The minimum absolute atomic E-state index is 0.0387. The van der Waals surface area contributed by atoms with Crippen LogP contribution in [-0.2, 0) is 12.8 Å². The third-order valence-corrected chi connectivity index (χ3v) is 5.53. The SMILES string of the molecule is O=C(O)c1sc(-n2cnc3cc(Cl)ncc32)cc1OCc1ccccc1C(F)(F)F. The summed E-state index contributed by atoms with van der Waals surface area (Å²) in [6.07, 6.45) is -1.58. The van der Waals surface area contributed by atoms with Gasteiger partial charge in [-0.05, 0) is 6.07 Å². The van der Waals surface area contributed by atoms with Crippen molar-refractivity contribution in [1.82, 2.24) is 14.5 Å². The lowest BCUT2D eigenvalue weighted by molar-refractivity contribution is -0.138. The number of hydrogen-bond acceptors (Lipinski definition) is 5. The monoisotopic (exact) mass is 453 g/mol. The summed E-state index contributed by atoms with van der Waals surface area (Å²) in [4.78, 5) is 19.7. The maximum absolute atomic E-state index is 13.2. The third kappa shape index (κ3) is 3.83. The van der Waals surface area contributed by atoms with Gasteiger partial charge in [-0.3, -0.25) is 4.57 Å². The molecule has 0 bridgehead atoms. The number of nitrogens with zero attached hydrogens (tertiary/aromatic N) is 3. The van der Waals surface area contributed by atoms with Crippen LogP contribution in [0.4, 0.5) is 13.2 Å². The molecule has 0 aliphatic heterocycles. The first-order chi connectivity index (χ1) is 14.2. The van der Waals surface area contributed by atoms with E-state index in [-0.39, 0.29) is 21.3 Å². The van der Waals surface area contributed by atoms with Gasteiger partial charge >= 0.3 is 12.1 Å². The number of thiophene rings is 1. The van der Waals surface area contributed by atoms with Crippen LogP contribution in [0.3, 0.4) is 0 Å². The zero-order valence-corrected chi connectivity index (χ0v) is 16.4. The molecule has 0 atom stereocenters. The van der Waals surface area contributed by atoms with Crippen LogP contribution in [0.5, 0.6) is 5.75 Å². The molecule has 0 saturated heterocycles. The minimum Gasteiger partial charge on any atom is -0.487 e. The van der Waals surface area contributed by atoms with E-state index in [4.69, 9.17) is 16.3 Å². The smallest absolute Gasteiger partial charge is 0.416 e. The Kier molecular flexibility index (Phi) is 5.12. The molecule has 1 N–H and O–H groups in total. The van der Waals surface area contributed by atoms with Crippen LogP contribution in [0, 0.1) is 0 Å². The largest absolute Gasteiger partial charge is 0.487 e. The number of carboxylic acids is 1. The predicted molar refractivity (Wildman–Crippen MR) is 104 cm³/mol. The highest BCUT2D eigenvalue weighted by Crippen LogP contribution is 2.36. The second kappa shape index (κ2) is 7.62. The van der Waals surface area contributed by atoms with Crippen molar-refractivity contribution in [2.45, 2.75) is 12.8 Å². The predicted octanol–water partition coefficient (Wildman–Crippen LogP) is 5.43. The molecule has 30 heavy (non-hydrogen) atoms. The van der Waals surface area contributed by atoms with Crippen molar-refractivity contribution in [2.75, 3.05) is 0 Å². The highest BCUT2D eigenvalue weighted by molar-refractivity contribution is 7.16. The standard InChI is InChI=1S/C19H11ClF3N3O3S/c20-15-5-12-13(7-24-15)26(9-25-12)16-6-14(17(30-16)18(27)28)29-8-10-3-1-2-4-11(10)19(21,22)23/h1-7,9H,8H2,(H,27,28). The van der Waals surface area contributed by atoms with Crippen molar-refractivity contribution in [1.29, 1.82) is 0 Å². The summed E-state index contributed by atoms with van der Waals surface area (Å²) in [5, 5.41) is 10.2. The summed E-state index contributed by atoms with van der Waals surface area (Å²) in [6, 6.07) is 7.98. The van der Waals surface area contributed by atoms with Gasteiger partial charge in [0, 0.05) is 17.7 Å². The summed E-state index contributed by atoms with van der Waals surface area (Å²) in [5.74, 6) is -1.29. The Morgan fingerprint density at radius 1 is 1.23 bits per heavy atom. The number of halogens is 4. The van der Waals surface area contributed by atoms with E-state index in [1.165, 1.54) is 36.8 Å². The molecule has 0 spiro atoms. The summed E-state index contributed by atoms with van der Waals surface area (Å²) in [5.41, 5.74) is 0.218. The topological polar surface area (TPSA) is 77.2 Å². The molecule has 0 unspecified atom stereocenters. The molecule has 0 aliphatic carbocycles. The normalized spacial score (nSPS) is 11.7. The van der Waals surface area contributed by atoms with E-state index in [0.717, 1.165) is 17.4 Å². The number of hydrogen-bond donors (Lipinski definition) is 1. The molecule has 1 aromatic carbocycles. The first-order valence-electron chi connectivity index (χ1n) is 8.38. The Morgan fingerprint density at radius 2 is 2.00 bits per heavy atom. The van der Waals surface area contributed by atoms with E-state index in [0.29, 0.717) is 16.0 Å². The highest BCUT2D eigenvalue weighted by atomic mass is 35.5. The van der Waals surface area contributed by atoms with Crippen LogP contribution >= 0.6 is 22.9 Å². The Hall–Kier alpha value is -3.11. The quantitative estimate of drug-likeness (QED) is 0.408. The van der Waals surface area contributed by atoms with E-state index >= 15 is 0 Å². The summed E-state index contributed by atoms with van der Waals surface area (Å²) in [6.45, 7) is -0.437. The van der Waals surface area contributed by atoms with Crippen molar-refractivity contribution in [3.8, 4) is 10.8 Å². The number of carboxylic acid groups (broad SMARTS) is 1. The lowest BCUT2D eigenvalue weighted by Crippen LogP contribution is -2.11. The zero-order chi connectivity index (χ0) is 21.5. The van der Waals surface area contributed by atoms with E-state index in [1.807, 2.05) is 0 Å². The van der Waals surface area contributed by atoms with Crippen molar-refractivity contribution in [3.05, 3.63) is 70.1 Å². The van der Waals surface area contributed by atoms with Crippen molar-refractivity contribution < 1.29 is 27.8 Å². The third-order valence-electron chi connectivity index (χ3n) is 4.22. The van der Waals surface area contributed by atoms with Crippen molar-refractivity contribution >= 4 is 39.9 Å². The first-order valence-corrected chi connectivity index (χ1v) is 9.57. The van der Waals surface area contributed by atoms with Crippen LogP contribution in [0.1, 0.15) is 20.8 Å². The van der Waals surface area contributed by atoms with E-state index < -0.39 is 24.3 Å². The Bertz CT molecular complexity index is 1250. The van der Waals surface area contributed by atoms with Gasteiger partial charge in [0.15, 0.2) is 4.88 Å². The van der Waals surface area contributed by atoms with Crippen LogP contribution in [0.25, 0.3) is 16.0 Å². The number of ether oxygens (including phenoxy) is 1. The van der Waals surface area contributed by atoms with Crippen LogP contribution in [0.2, 0.25) is 5.15 Å². The molecule has 0 amide bonds. The number of carbonyl (C=O) groups is 1. The molecule has 0 fully saturated rings. The molecule has 11 heteroatoms. The molecular weight excluding hydrogens is 443 g/mol. The second-order valence-electron chi connectivity index (χ2n) is 6.14. The number of pyridine rings is 1. The molecular formula is C19H11ClF3N3O3S. The molecule has 0 saturated carbocycles. The fraction of sp³-hybridized carbons (Fsp3) is 0.105. The van der Waals surface area contributed by atoms with E-state index in [1.54, 1.807) is 10.6 Å². The Morgan fingerprint density at radius 3 is 2.73 bits per heavy atom. The summed E-state index contributed by atoms with van der Waals surface area (Å²) < 4.78 is 46.6. The maximum Gasteiger partial charge on any atom is 0.416 e. The molecule has 4 aromatic rings. The number of rotatable bonds is 5. The number of benzene rings is 1. The Balaban J connectivity index is 1.68. The van der Waals surface area contributed by atoms with E-state index in [2.05, 4.69) is 9.97 Å². The molecule has 0 aliphatic rings. The van der Waals surface area contributed by atoms with Gasteiger partial charge in [-0.1, -0.05) is 29.8 Å². The summed E-state index contributed by atoms with van der Waals surface area (Å²) in [7, 11) is 0. The van der Waals surface area contributed by atoms with Gasteiger partial charge in [0.1, 0.15) is 28.8 Å². The number of aromatic nitrogens is 3. The van der Waals surface area contributed by atoms with Gasteiger partial charge in [0.05, 0.1) is 22.8 Å². The number of fused-ring (bicyclic) bond motifs is 1. The zero-order valence-electron chi connectivity index (χ0n) is 14.9. The fourth-order valence-electron chi connectivity index (χ4n) is 2.87. The maximum atomic E-state index is 13.2. The van der Waals surface area contributed by atoms with Gasteiger partial charge in [-0.2, -0.15) is 13.2 Å². The number of aromatic carboxylic acids is 1. The van der Waals surface area contributed by atoms with Gasteiger partial charge in [-0.15, -0.1) is 11.3 Å². The fourth-order valence-corrected chi connectivity index (χ4v) is 3.95. The van der Waals surface area contributed by atoms with E-state index in [9.17, 15) is 23.1 Å². The molecule has 4 rings (SSSR count). The average molecular weight is 454 g/mol. The number of alkyl halides is 3. The second-order valence-corrected chi connectivity index (χ2v) is 7.55. The lowest BCUT2D eigenvalue weighted by atomic mass is 10.1. The summed E-state index contributed by atoms with van der Waals surface area (Å²) >= 11 is 6.76. The highest BCUT2D eigenvalue weighted by Gasteiger charge is 2.33. The molecule has 154 valence electrons. The van der Waals surface area contributed by atoms with Crippen LogP contribution in [0.15, 0.2) is 48.9 Å². The minimum atomic E-state index is -4.54. The van der Waals surface area contributed by atoms with Crippen LogP contribution < -0.4 is 4.74 Å². The molecule has 3 aromatic heterocycles. The van der Waals surface area contributed by atoms with Gasteiger partial charge < -0.3 is 9.84 Å². The molecule has 6 nitrogen and oxygen atoms in total. The van der Waals surface area contributed by atoms with Crippen molar-refractivity contribution in [3.63, 3.8) is 0 Å². The van der Waals surface area contributed by atoms with Gasteiger partial charge in [0.2, 0.25) is 0 Å².